The minimum absolute atomic E-state index is 0.0590. The van der Waals surface area contributed by atoms with Crippen LogP contribution in [0, 0.1) is 5.41 Å². The Morgan fingerprint density at radius 3 is 2.22 bits per heavy atom. The summed E-state index contributed by atoms with van der Waals surface area (Å²) < 4.78 is 5.76. The van der Waals surface area contributed by atoms with E-state index in [0.717, 1.165) is 23.5 Å². The molecule has 0 unspecified atom stereocenters. The van der Waals surface area contributed by atoms with Crippen LogP contribution in [0.15, 0.2) is 48.5 Å². The molecule has 2 rings (SSSR count). The van der Waals surface area contributed by atoms with Crippen LogP contribution in [-0.4, -0.2) is 25.0 Å². The van der Waals surface area contributed by atoms with E-state index in [-0.39, 0.29) is 18.4 Å². The van der Waals surface area contributed by atoms with Crippen molar-refractivity contribution < 1.29 is 14.3 Å². The zero-order valence-corrected chi connectivity index (χ0v) is 19.8. The molecule has 0 aromatic heterocycles. The molecule has 2 aromatic carbocycles. The second kappa shape index (κ2) is 12.7. The highest BCUT2D eigenvalue weighted by atomic mass is 16.5. The molecule has 32 heavy (non-hydrogen) atoms. The first-order chi connectivity index (χ1) is 15.3. The minimum Gasteiger partial charge on any atom is -0.494 e. The summed E-state index contributed by atoms with van der Waals surface area (Å²) in [6.07, 6.45) is 6.04. The predicted octanol–water partition coefficient (Wildman–Crippen LogP) is 6.07. The van der Waals surface area contributed by atoms with E-state index in [1.807, 2.05) is 69.3 Å². The molecule has 6 nitrogen and oxygen atoms in total. The largest absolute Gasteiger partial charge is 0.494 e. The fourth-order valence-corrected chi connectivity index (χ4v) is 2.94. The van der Waals surface area contributed by atoms with Crippen molar-refractivity contribution in [2.75, 3.05) is 29.1 Å². The Balaban J connectivity index is 1.75. The summed E-state index contributed by atoms with van der Waals surface area (Å²) in [4.78, 5) is 24.4. The fraction of sp³-hybridized carbons (Fsp3) is 0.462. The molecule has 174 valence electrons. The van der Waals surface area contributed by atoms with Crippen molar-refractivity contribution in [1.29, 1.82) is 0 Å². The normalized spacial score (nSPS) is 11.0. The first-order valence-corrected chi connectivity index (χ1v) is 11.5. The van der Waals surface area contributed by atoms with E-state index in [0.29, 0.717) is 12.3 Å². The lowest BCUT2D eigenvalue weighted by atomic mass is 9.95. The van der Waals surface area contributed by atoms with E-state index in [4.69, 9.17) is 4.74 Å². The van der Waals surface area contributed by atoms with E-state index in [2.05, 4.69) is 22.9 Å². The lowest BCUT2D eigenvalue weighted by Gasteiger charge is -2.18. The van der Waals surface area contributed by atoms with Crippen molar-refractivity contribution in [3.05, 3.63) is 48.5 Å². The number of carbonyl (C=O) groups excluding carboxylic acids is 2. The fourth-order valence-electron chi connectivity index (χ4n) is 2.94. The Hall–Kier alpha value is -3.02. The summed E-state index contributed by atoms with van der Waals surface area (Å²) in [6.45, 7) is 8.63. The van der Waals surface area contributed by atoms with Gasteiger partial charge >= 0.3 is 0 Å². The molecule has 6 heteroatoms. The zero-order valence-electron chi connectivity index (χ0n) is 19.8. The molecule has 0 saturated heterocycles. The smallest absolute Gasteiger partial charge is 0.243 e. The van der Waals surface area contributed by atoms with E-state index in [1.54, 1.807) is 0 Å². The number of nitrogens with one attached hydrogen (secondary N) is 3. The molecule has 0 bridgehead atoms. The molecular weight excluding hydrogens is 402 g/mol. The van der Waals surface area contributed by atoms with Gasteiger partial charge in [0.1, 0.15) is 5.75 Å². The lowest BCUT2D eigenvalue weighted by Crippen LogP contribution is -2.27. The van der Waals surface area contributed by atoms with E-state index < -0.39 is 5.41 Å². The maximum absolute atomic E-state index is 12.3. The van der Waals surface area contributed by atoms with Gasteiger partial charge in [-0.3, -0.25) is 9.59 Å². The highest BCUT2D eigenvalue weighted by Gasteiger charge is 2.21. The third-order valence-corrected chi connectivity index (χ3v) is 4.91. The molecule has 0 aliphatic heterocycles. The average Bonchev–Trinajstić information content (AvgIpc) is 2.75. The number of unbranched alkanes of at least 4 members (excludes halogenated alkanes) is 4. The predicted molar refractivity (Wildman–Crippen MR) is 132 cm³/mol. The number of benzene rings is 2. The molecule has 0 spiro atoms. The highest BCUT2D eigenvalue weighted by Crippen LogP contribution is 2.20. The van der Waals surface area contributed by atoms with Crippen LogP contribution in [0.3, 0.4) is 0 Å². The Bertz CT molecular complexity index is 857. The van der Waals surface area contributed by atoms with Crippen LogP contribution >= 0.6 is 0 Å². The molecule has 2 amide bonds. The van der Waals surface area contributed by atoms with Gasteiger partial charge in [-0.15, -0.1) is 0 Å². The molecule has 0 saturated carbocycles. The van der Waals surface area contributed by atoms with Crippen LogP contribution in [0.25, 0.3) is 0 Å². The van der Waals surface area contributed by atoms with Gasteiger partial charge < -0.3 is 20.7 Å². The van der Waals surface area contributed by atoms with Crippen LogP contribution in [0.2, 0.25) is 0 Å². The lowest BCUT2D eigenvalue weighted by molar-refractivity contribution is -0.123. The SMILES string of the molecule is CCCCCCCOc1ccc(NC(=O)CNc2cccc(NC(=O)C(C)(C)C)c2)cc1. The van der Waals surface area contributed by atoms with Crippen LogP contribution < -0.4 is 20.7 Å². The number of ether oxygens (including phenoxy) is 1. The average molecular weight is 440 g/mol. The van der Waals surface area contributed by atoms with Gasteiger partial charge in [0, 0.05) is 22.5 Å². The van der Waals surface area contributed by atoms with Crippen LogP contribution in [0.1, 0.15) is 59.8 Å². The molecular formula is C26H37N3O3. The Labute approximate surface area is 192 Å². The summed E-state index contributed by atoms with van der Waals surface area (Å²) >= 11 is 0. The van der Waals surface area contributed by atoms with Gasteiger partial charge in [0.05, 0.1) is 13.2 Å². The molecule has 0 aliphatic rings. The summed E-state index contributed by atoms with van der Waals surface area (Å²) in [5.41, 5.74) is 1.70. The zero-order chi connectivity index (χ0) is 23.4. The Kier molecular flexibility index (Phi) is 10.1. The van der Waals surface area contributed by atoms with Gasteiger partial charge in [0.2, 0.25) is 11.8 Å². The maximum Gasteiger partial charge on any atom is 0.243 e. The maximum atomic E-state index is 12.3. The number of hydrogen-bond donors (Lipinski definition) is 3. The Morgan fingerprint density at radius 1 is 0.844 bits per heavy atom. The monoisotopic (exact) mass is 439 g/mol. The molecule has 2 aromatic rings. The summed E-state index contributed by atoms with van der Waals surface area (Å²) in [5.74, 6) is 0.598. The first kappa shape index (κ1) is 25.2. The number of rotatable bonds is 12. The topological polar surface area (TPSA) is 79.5 Å². The van der Waals surface area contributed by atoms with Gasteiger partial charge in [0.15, 0.2) is 0 Å². The highest BCUT2D eigenvalue weighted by molar-refractivity contribution is 5.95. The van der Waals surface area contributed by atoms with Crippen molar-refractivity contribution in [1.82, 2.24) is 0 Å². The van der Waals surface area contributed by atoms with Crippen LogP contribution in [0.5, 0.6) is 5.75 Å². The van der Waals surface area contributed by atoms with E-state index >= 15 is 0 Å². The van der Waals surface area contributed by atoms with Crippen LogP contribution in [0.4, 0.5) is 17.1 Å². The molecule has 0 heterocycles. The number of anilines is 3. The van der Waals surface area contributed by atoms with Crippen molar-refractivity contribution >= 4 is 28.9 Å². The van der Waals surface area contributed by atoms with Gasteiger partial charge in [-0.25, -0.2) is 0 Å². The molecule has 3 N–H and O–H groups in total. The Morgan fingerprint density at radius 2 is 1.53 bits per heavy atom. The number of hydrogen-bond acceptors (Lipinski definition) is 4. The third kappa shape index (κ3) is 9.41. The standard InChI is InChI=1S/C26H37N3O3/c1-5-6-7-8-9-17-32-23-15-13-20(14-16-23)28-24(30)19-27-21-11-10-12-22(18-21)29-25(31)26(2,3)4/h10-16,18,27H,5-9,17,19H2,1-4H3,(H,28,30)(H,29,31). The van der Waals surface area contributed by atoms with Gasteiger partial charge in [-0.1, -0.05) is 59.4 Å². The molecule has 0 radical (unpaired) electrons. The molecule has 0 atom stereocenters. The second-order valence-corrected chi connectivity index (χ2v) is 8.97. The van der Waals surface area contributed by atoms with Crippen molar-refractivity contribution in [2.45, 2.75) is 59.8 Å². The van der Waals surface area contributed by atoms with E-state index in [1.165, 1.54) is 25.7 Å². The molecule has 0 aliphatic carbocycles. The van der Waals surface area contributed by atoms with Crippen molar-refractivity contribution in [2.24, 2.45) is 5.41 Å². The van der Waals surface area contributed by atoms with Gasteiger partial charge in [-0.2, -0.15) is 0 Å². The van der Waals surface area contributed by atoms with Crippen molar-refractivity contribution in [3.63, 3.8) is 0 Å². The quantitative estimate of drug-likeness (QED) is 0.351. The number of amides is 2. The summed E-state index contributed by atoms with van der Waals surface area (Å²) in [7, 11) is 0. The minimum atomic E-state index is -0.474. The first-order valence-electron chi connectivity index (χ1n) is 11.5. The van der Waals surface area contributed by atoms with Gasteiger partial charge in [0.25, 0.3) is 0 Å². The summed E-state index contributed by atoms with van der Waals surface area (Å²) in [6, 6.07) is 14.7. The van der Waals surface area contributed by atoms with Gasteiger partial charge in [-0.05, 0) is 48.9 Å². The molecule has 0 fully saturated rings. The number of carbonyl (C=O) groups is 2. The van der Waals surface area contributed by atoms with E-state index in [9.17, 15) is 9.59 Å². The summed E-state index contributed by atoms with van der Waals surface area (Å²) in [5, 5.41) is 8.85. The third-order valence-electron chi connectivity index (χ3n) is 4.91. The second-order valence-electron chi connectivity index (χ2n) is 8.97. The van der Waals surface area contributed by atoms with Crippen molar-refractivity contribution in [3.8, 4) is 5.75 Å². The van der Waals surface area contributed by atoms with Crippen LogP contribution in [-0.2, 0) is 9.59 Å².